The van der Waals surface area contributed by atoms with Gasteiger partial charge in [0.05, 0.1) is 11.0 Å². The van der Waals surface area contributed by atoms with Crippen LogP contribution >= 0.6 is 0 Å². The molecule has 0 spiro atoms. The molecule has 1 heterocycles. The second-order valence-electron chi connectivity index (χ2n) is 5.73. The van der Waals surface area contributed by atoms with Gasteiger partial charge < -0.3 is 20.4 Å². The lowest BCUT2D eigenvalue weighted by molar-refractivity contribution is 0.250. The summed E-state index contributed by atoms with van der Waals surface area (Å²) in [6.45, 7) is 2.35. The lowest BCUT2D eigenvalue weighted by Crippen LogP contribution is -2.34. The summed E-state index contributed by atoms with van der Waals surface area (Å²) in [5, 5.41) is 12.8. The maximum atomic E-state index is 11.3. The van der Waals surface area contributed by atoms with Crippen molar-refractivity contribution in [2.75, 3.05) is 6.61 Å². The monoisotopic (exact) mass is 275 g/mol. The van der Waals surface area contributed by atoms with E-state index in [2.05, 4.69) is 22.2 Å². The third-order valence-electron chi connectivity index (χ3n) is 4.14. The zero-order valence-electron chi connectivity index (χ0n) is 11.6. The quantitative estimate of drug-likeness (QED) is 0.647. The fourth-order valence-electron chi connectivity index (χ4n) is 2.83. The van der Waals surface area contributed by atoms with Crippen LogP contribution in [0.5, 0.6) is 0 Å². The lowest BCUT2D eigenvalue weighted by Gasteiger charge is -2.23. The van der Waals surface area contributed by atoms with Gasteiger partial charge in [0.25, 0.3) is 0 Å². The largest absolute Gasteiger partial charge is 0.396 e. The van der Waals surface area contributed by atoms with Crippen LogP contribution in [0.3, 0.4) is 0 Å². The van der Waals surface area contributed by atoms with E-state index in [1.807, 2.05) is 18.2 Å². The number of H-pyrrole nitrogens is 2. The number of aliphatic hydroxyl groups excluding tert-OH is 1. The normalized spacial score (nSPS) is 18.3. The second-order valence-corrected chi connectivity index (χ2v) is 5.73. The van der Waals surface area contributed by atoms with Crippen LogP contribution in [0.2, 0.25) is 0 Å². The summed E-state index contributed by atoms with van der Waals surface area (Å²) in [5.41, 5.74) is 2.65. The van der Waals surface area contributed by atoms with Gasteiger partial charge in [-0.1, -0.05) is 6.07 Å². The molecule has 3 rings (SSSR count). The van der Waals surface area contributed by atoms with Crippen LogP contribution < -0.4 is 11.0 Å². The highest BCUT2D eigenvalue weighted by Gasteiger charge is 2.31. The number of aromatic amines is 2. The third kappa shape index (κ3) is 2.78. The Hall–Kier alpha value is -1.59. The Balaban J connectivity index is 1.76. The van der Waals surface area contributed by atoms with E-state index in [0.717, 1.165) is 23.0 Å². The van der Waals surface area contributed by atoms with Crippen molar-refractivity contribution in [3.8, 4) is 0 Å². The van der Waals surface area contributed by atoms with Crippen LogP contribution in [0.4, 0.5) is 0 Å². The molecule has 0 aliphatic heterocycles. The van der Waals surface area contributed by atoms with Gasteiger partial charge in [-0.15, -0.1) is 0 Å². The molecular weight excluding hydrogens is 254 g/mol. The average Bonchev–Trinajstić information content (AvgIpc) is 3.19. The number of aliphatic hydroxyl groups is 1. The van der Waals surface area contributed by atoms with Crippen molar-refractivity contribution < 1.29 is 5.11 Å². The summed E-state index contributed by atoms with van der Waals surface area (Å²) in [7, 11) is 0. The molecule has 5 heteroatoms. The third-order valence-corrected chi connectivity index (χ3v) is 4.14. The molecule has 0 radical (unpaired) electrons. The van der Waals surface area contributed by atoms with Crippen LogP contribution in [0.1, 0.15) is 37.8 Å². The van der Waals surface area contributed by atoms with Gasteiger partial charge in [-0.25, -0.2) is 4.79 Å². The van der Waals surface area contributed by atoms with Gasteiger partial charge in [0, 0.05) is 18.7 Å². The SMILES string of the molecule is CC(NC(CCO)C1CC1)c1ccc2[nH]c(=O)[nH]c2c1. The van der Waals surface area contributed by atoms with Gasteiger partial charge in [0.1, 0.15) is 0 Å². The smallest absolute Gasteiger partial charge is 0.323 e. The van der Waals surface area contributed by atoms with Crippen LogP contribution in [-0.4, -0.2) is 27.7 Å². The van der Waals surface area contributed by atoms with Crippen molar-refractivity contribution in [1.82, 2.24) is 15.3 Å². The Kier molecular flexibility index (Phi) is 3.63. The molecule has 1 aromatic carbocycles. The first-order chi connectivity index (χ1) is 9.67. The van der Waals surface area contributed by atoms with Gasteiger partial charge in [-0.2, -0.15) is 0 Å². The molecule has 1 aliphatic rings. The molecule has 2 aromatic rings. The number of imidazole rings is 1. The molecule has 0 bridgehead atoms. The van der Waals surface area contributed by atoms with Crippen molar-refractivity contribution in [2.24, 2.45) is 5.92 Å². The molecule has 1 saturated carbocycles. The van der Waals surface area contributed by atoms with Gasteiger partial charge in [0.2, 0.25) is 0 Å². The number of benzene rings is 1. The molecule has 2 unspecified atom stereocenters. The Morgan fingerprint density at radius 2 is 2.10 bits per heavy atom. The maximum absolute atomic E-state index is 11.3. The molecule has 5 nitrogen and oxygen atoms in total. The number of fused-ring (bicyclic) bond motifs is 1. The van der Waals surface area contributed by atoms with Gasteiger partial charge >= 0.3 is 5.69 Å². The first-order valence-electron chi connectivity index (χ1n) is 7.26. The van der Waals surface area contributed by atoms with Crippen LogP contribution in [0.25, 0.3) is 11.0 Å². The minimum absolute atomic E-state index is 0.172. The van der Waals surface area contributed by atoms with Gasteiger partial charge in [-0.05, 0) is 49.8 Å². The molecule has 4 N–H and O–H groups in total. The Bertz CT molecular complexity index is 642. The Morgan fingerprint density at radius 1 is 1.35 bits per heavy atom. The summed E-state index contributed by atoms with van der Waals surface area (Å²) in [6, 6.07) is 6.56. The standard InChI is InChI=1S/C15H21N3O2/c1-9(16-12(6-7-19)10-2-3-10)11-4-5-13-14(8-11)18-15(20)17-13/h4-5,8-10,12,16,19H,2-3,6-7H2,1H3,(H2,17,18,20). The molecule has 0 saturated heterocycles. The fraction of sp³-hybridized carbons (Fsp3) is 0.533. The fourth-order valence-corrected chi connectivity index (χ4v) is 2.83. The number of rotatable bonds is 6. The first-order valence-corrected chi connectivity index (χ1v) is 7.26. The zero-order chi connectivity index (χ0) is 14.1. The molecule has 1 aromatic heterocycles. The van der Waals surface area contributed by atoms with E-state index >= 15 is 0 Å². The second kappa shape index (κ2) is 5.42. The Labute approximate surface area is 117 Å². The highest BCUT2D eigenvalue weighted by Crippen LogP contribution is 2.35. The predicted molar refractivity (Wildman–Crippen MR) is 78.7 cm³/mol. The summed E-state index contributed by atoms with van der Waals surface area (Å²) < 4.78 is 0. The van der Waals surface area contributed by atoms with E-state index in [9.17, 15) is 4.79 Å². The van der Waals surface area contributed by atoms with Crippen molar-refractivity contribution in [2.45, 2.75) is 38.3 Å². The van der Waals surface area contributed by atoms with Gasteiger partial charge in [0.15, 0.2) is 0 Å². The zero-order valence-corrected chi connectivity index (χ0v) is 11.6. The Morgan fingerprint density at radius 3 is 2.80 bits per heavy atom. The molecule has 1 fully saturated rings. The van der Waals surface area contributed by atoms with Crippen molar-refractivity contribution in [3.63, 3.8) is 0 Å². The van der Waals surface area contributed by atoms with Crippen molar-refractivity contribution in [1.29, 1.82) is 0 Å². The molecular formula is C15H21N3O2. The van der Waals surface area contributed by atoms with E-state index in [1.54, 1.807) is 0 Å². The molecule has 2 atom stereocenters. The highest BCUT2D eigenvalue weighted by molar-refractivity contribution is 5.75. The molecule has 108 valence electrons. The lowest BCUT2D eigenvalue weighted by atomic mass is 10.0. The number of hydrogen-bond acceptors (Lipinski definition) is 3. The van der Waals surface area contributed by atoms with Crippen molar-refractivity contribution >= 4 is 11.0 Å². The van der Waals surface area contributed by atoms with Crippen LogP contribution in [0, 0.1) is 5.92 Å². The minimum atomic E-state index is -0.172. The number of aromatic nitrogens is 2. The predicted octanol–water partition coefficient (Wildman–Crippen LogP) is 1.67. The summed E-state index contributed by atoms with van der Waals surface area (Å²) in [4.78, 5) is 16.8. The van der Waals surface area contributed by atoms with Gasteiger partial charge in [-0.3, -0.25) is 0 Å². The van der Waals surface area contributed by atoms with E-state index in [0.29, 0.717) is 12.0 Å². The molecule has 0 amide bonds. The maximum Gasteiger partial charge on any atom is 0.323 e. The topological polar surface area (TPSA) is 80.9 Å². The van der Waals surface area contributed by atoms with Crippen LogP contribution in [-0.2, 0) is 0 Å². The summed E-state index contributed by atoms with van der Waals surface area (Å²) >= 11 is 0. The summed E-state index contributed by atoms with van der Waals surface area (Å²) in [5.74, 6) is 0.709. The van der Waals surface area contributed by atoms with E-state index in [1.165, 1.54) is 12.8 Å². The number of hydrogen-bond donors (Lipinski definition) is 4. The number of nitrogens with one attached hydrogen (secondary N) is 3. The average molecular weight is 275 g/mol. The van der Waals surface area contributed by atoms with E-state index in [4.69, 9.17) is 5.11 Å². The molecule has 20 heavy (non-hydrogen) atoms. The first kappa shape index (κ1) is 13.4. The summed E-state index contributed by atoms with van der Waals surface area (Å²) in [6.07, 6.45) is 3.32. The highest BCUT2D eigenvalue weighted by atomic mass is 16.3. The van der Waals surface area contributed by atoms with E-state index in [-0.39, 0.29) is 18.3 Å². The van der Waals surface area contributed by atoms with E-state index < -0.39 is 0 Å². The van der Waals surface area contributed by atoms with Crippen molar-refractivity contribution in [3.05, 3.63) is 34.2 Å². The molecule has 1 aliphatic carbocycles. The minimum Gasteiger partial charge on any atom is -0.396 e. The van der Waals surface area contributed by atoms with Crippen LogP contribution in [0.15, 0.2) is 23.0 Å².